The van der Waals surface area contributed by atoms with Crippen LogP contribution in [0, 0.1) is 0 Å². The monoisotopic (exact) mass is 266 g/mol. The fourth-order valence-corrected chi connectivity index (χ4v) is 1.61. The highest BCUT2D eigenvalue weighted by Crippen LogP contribution is 2.12. The first kappa shape index (κ1) is 14.3. The molecule has 2 heterocycles. The second kappa shape index (κ2) is 7.48. The highest BCUT2D eigenvalue weighted by atomic mass is 16.6. The van der Waals surface area contributed by atoms with E-state index in [9.17, 15) is 0 Å². The summed E-state index contributed by atoms with van der Waals surface area (Å²) in [6.45, 7) is 5.41. The van der Waals surface area contributed by atoms with Crippen LogP contribution in [0.4, 0.5) is 0 Å². The summed E-state index contributed by atoms with van der Waals surface area (Å²) in [5.74, 6) is 0.347. The number of hydrogen-bond donors (Lipinski definition) is 1. The molecule has 0 aromatic heterocycles. The summed E-state index contributed by atoms with van der Waals surface area (Å²) in [5, 5.41) is 8.92. The minimum Gasteiger partial charge on any atom is -0.508 e. The van der Waals surface area contributed by atoms with Gasteiger partial charge in [0, 0.05) is 0 Å². The molecule has 3 rings (SSSR count). The first-order valence-corrected chi connectivity index (χ1v) is 6.86. The summed E-state index contributed by atoms with van der Waals surface area (Å²) in [6.07, 6.45) is 3.04. The minimum absolute atomic E-state index is 0.347. The Morgan fingerprint density at radius 3 is 2.05 bits per heavy atom. The van der Waals surface area contributed by atoms with E-state index >= 15 is 0 Å². The van der Waals surface area contributed by atoms with Crippen molar-refractivity contribution in [3.8, 4) is 5.75 Å². The number of aromatic hydroxyl groups is 1. The lowest BCUT2D eigenvalue weighted by Gasteiger charge is -1.96. The summed E-state index contributed by atoms with van der Waals surface area (Å²) >= 11 is 0. The zero-order valence-electron chi connectivity index (χ0n) is 11.4. The molecule has 4 heteroatoms. The smallest absolute Gasteiger partial charge is 0.115 e. The Labute approximate surface area is 114 Å². The standard InChI is InChI=1S/C9H12O.C6H10O3/c1-2-3-8-4-6-9(10)7-5-8;1(5-3-8-5)7-2-6-4-9-6/h4-7,10H,2-3H2,1H3;5-6H,1-4H2. The van der Waals surface area contributed by atoms with Crippen LogP contribution in [0.3, 0.4) is 0 Å². The van der Waals surface area contributed by atoms with E-state index in [0.29, 0.717) is 18.0 Å². The van der Waals surface area contributed by atoms with Gasteiger partial charge in [-0.3, -0.25) is 0 Å². The fraction of sp³-hybridized carbons (Fsp3) is 0.600. The molecule has 19 heavy (non-hydrogen) atoms. The largest absolute Gasteiger partial charge is 0.508 e. The van der Waals surface area contributed by atoms with Gasteiger partial charge in [0.1, 0.15) is 18.0 Å². The van der Waals surface area contributed by atoms with E-state index in [2.05, 4.69) is 6.92 Å². The van der Waals surface area contributed by atoms with E-state index in [-0.39, 0.29) is 0 Å². The highest BCUT2D eigenvalue weighted by Gasteiger charge is 2.26. The molecule has 2 aliphatic rings. The van der Waals surface area contributed by atoms with Crippen LogP contribution in [0.5, 0.6) is 5.75 Å². The molecular weight excluding hydrogens is 244 g/mol. The molecule has 1 N–H and O–H groups in total. The van der Waals surface area contributed by atoms with Crippen LogP contribution in [0.25, 0.3) is 0 Å². The van der Waals surface area contributed by atoms with Crippen LogP contribution in [0.15, 0.2) is 24.3 Å². The Morgan fingerprint density at radius 2 is 1.63 bits per heavy atom. The average molecular weight is 266 g/mol. The van der Waals surface area contributed by atoms with Gasteiger partial charge in [0.2, 0.25) is 0 Å². The average Bonchev–Trinajstić information content (AvgIpc) is 3.27. The van der Waals surface area contributed by atoms with Crippen LogP contribution in [0.1, 0.15) is 18.9 Å². The predicted molar refractivity (Wildman–Crippen MR) is 72.4 cm³/mol. The molecule has 0 bridgehead atoms. The summed E-state index contributed by atoms with van der Waals surface area (Å²) in [5.41, 5.74) is 1.29. The summed E-state index contributed by atoms with van der Waals surface area (Å²) < 4.78 is 15.1. The number of phenolic OH excluding ortho intramolecular Hbond substituents is 1. The molecule has 106 valence electrons. The number of ether oxygens (including phenoxy) is 3. The van der Waals surface area contributed by atoms with Gasteiger partial charge in [-0.1, -0.05) is 25.5 Å². The molecule has 2 atom stereocenters. The lowest BCUT2D eigenvalue weighted by atomic mass is 10.1. The molecule has 0 radical (unpaired) electrons. The van der Waals surface area contributed by atoms with Crippen LogP contribution >= 0.6 is 0 Å². The third-order valence-corrected chi connectivity index (χ3v) is 2.89. The number of benzene rings is 1. The van der Waals surface area contributed by atoms with Crippen LogP contribution in [-0.4, -0.2) is 43.7 Å². The molecular formula is C15H22O4. The van der Waals surface area contributed by atoms with Gasteiger partial charge in [0.25, 0.3) is 0 Å². The Balaban J connectivity index is 0.000000141. The third kappa shape index (κ3) is 6.57. The lowest BCUT2D eigenvalue weighted by molar-refractivity contribution is 0.102. The number of hydrogen-bond acceptors (Lipinski definition) is 4. The molecule has 0 aliphatic carbocycles. The normalized spacial score (nSPS) is 23.4. The maximum Gasteiger partial charge on any atom is 0.115 e. The molecule has 2 unspecified atom stereocenters. The number of rotatable bonds is 6. The molecule has 0 spiro atoms. The van der Waals surface area contributed by atoms with Gasteiger partial charge >= 0.3 is 0 Å². The van der Waals surface area contributed by atoms with Gasteiger partial charge in [0.15, 0.2) is 0 Å². The zero-order valence-corrected chi connectivity index (χ0v) is 11.4. The third-order valence-electron chi connectivity index (χ3n) is 2.89. The van der Waals surface area contributed by atoms with Crippen molar-refractivity contribution in [2.24, 2.45) is 0 Å². The second-order valence-electron chi connectivity index (χ2n) is 4.86. The van der Waals surface area contributed by atoms with Crippen molar-refractivity contribution >= 4 is 0 Å². The number of epoxide rings is 2. The van der Waals surface area contributed by atoms with E-state index in [4.69, 9.17) is 19.3 Å². The van der Waals surface area contributed by atoms with Gasteiger partial charge in [0.05, 0.1) is 26.4 Å². The van der Waals surface area contributed by atoms with Crippen molar-refractivity contribution in [1.29, 1.82) is 0 Å². The summed E-state index contributed by atoms with van der Waals surface area (Å²) in [4.78, 5) is 0. The van der Waals surface area contributed by atoms with Crippen LogP contribution in [-0.2, 0) is 20.6 Å². The Morgan fingerprint density at radius 1 is 1.11 bits per heavy atom. The highest BCUT2D eigenvalue weighted by molar-refractivity contribution is 5.25. The predicted octanol–water partition coefficient (Wildman–Crippen LogP) is 2.15. The second-order valence-corrected chi connectivity index (χ2v) is 4.86. The summed E-state index contributed by atoms with van der Waals surface area (Å²) in [7, 11) is 0. The summed E-state index contributed by atoms with van der Waals surface area (Å²) in [6, 6.07) is 7.37. The first-order valence-electron chi connectivity index (χ1n) is 6.86. The van der Waals surface area contributed by atoms with Crippen molar-refractivity contribution < 1.29 is 19.3 Å². The van der Waals surface area contributed by atoms with Gasteiger partial charge in [-0.25, -0.2) is 0 Å². The Kier molecular flexibility index (Phi) is 5.63. The van der Waals surface area contributed by atoms with Crippen molar-refractivity contribution in [3.05, 3.63) is 29.8 Å². The molecule has 0 saturated carbocycles. The number of aryl methyl sites for hydroxylation is 1. The maximum absolute atomic E-state index is 8.92. The van der Waals surface area contributed by atoms with E-state index in [0.717, 1.165) is 39.3 Å². The van der Waals surface area contributed by atoms with Crippen molar-refractivity contribution in [1.82, 2.24) is 0 Å². The Bertz CT molecular complexity index is 343. The molecule has 1 aromatic rings. The number of phenols is 1. The van der Waals surface area contributed by atoms with E-state index in [1.165, 1.54) is 5.56 Å². The molecule has 1 aromatic carbocycles. The van der Waals surface area contributed by atoms with Crippen molar-refractivity contribution in [2.75, 3.05) is 26.4 Å². The molecule has 2 aliphatic heterocycles. The van der Waals surface area contributed by atoms with Gasteiger partial charge < -0.3 is 19.3 Å². The lowest BCUT2D eigenvalue weighted by Crippen LogP contribution is -2.06. The zero-order chi connectivity index (χ0) is 13.5. The first-order chi connectivity index (χ1) is 9.28. The van der Waals surface area contributed by atoms with Gasteiger partial charge in [-0.2, -0.15) is 0 Å². The molecule has 4 nitrogen and oxygen atoms in total. The minimum atomic E-state index is 0.347. The maximum atomic E-state index is 8.92. The van der Waals surface area contributed by atoms with E-state index in [1.54, 1.807) is 12.1 Å². The topological polar surface area (TPSA) is 54.5 Å². The van der Waals surface area contributed by atoms with E-state index < -0.39 is 0 Å². The SMILES string of the molecule is C(OCC1CO1)C1CO1.CCCc1ccc(O)cc1. The molecule has 2 saturated heterocycles. The molecule has 0 amide bonds. The van der Waals surface area contributed by atoms with Gasteiger partial charge in [-0.05, 0) is 24.1 Å². The Hall–Kier alpha value is -1.10. The van der Waals surface area contributed by atoms with Crippen LogP contribution in [0.2, 0.25) is 0 Å². The van der Waals surface area contributed by atoms with Crippen molar-refractivity contribution in [3.63, 3.8) is 0 Å². The van der Waals surface area contributed by atoms with E-state index in [1.807, 2.05) is 12.1 Å². The van der Waals surface area contributed by atoms with Crippen LogP contribution < -0.4 is 0 Å². The van der Waals surface area contributed by atoms with Crippen molar-refractivity contribution in [2.45, 2.75) is 32.0 Å². The molecule has 2 fully saturated rings. The van der Waals surface area contributed by atoms with Gasteiger partial charge in [-0.15, -0.1) is 0 Å². The quantitative estimate of drug-likeness (QED) is 0.802. The fourth-order valence-electron chi connectivity index (χ4n) is 1.61.